The van der Waals surface area contributed by atoms with Gasteiger partial charge in [-0.2, -0.15) is 0 Å². The second-order valence-corrected chi connectivity index (χ2v) is 9.46. The molecule has 0 radical (unpaired) electrons. The zero-order valence-corrected chi connectivity index (χ0v) is 18.6. The number of aromatic nitrogens is 1. The van der Waals surface area contributed by atoms with Crippen molar-refractivity contribution in [1.82, 2.24) is 14.8 Å². The van der Waals surface area contributed by atoms with E-state index in [9.17, 15) is 9.59 Å². The first-order chi connectivity index (χ1) is 14.5. The number of carbonyl (C=O) groups excluding carboxylic acids is 2. The molecule has 2 amide bonds. The van der Waals surface area contributed by atoms with E-state index in [0.29, 0.717) is 11.3 Å². The average Bonchev–Trinajstić information content (AvgIpc) is 3.40. The average molecular weight is 427 g/mol. The van der Waals surface area contributed by atoms with Crippen LogP contribution in [-0.2, 0) is 11.3 Å². The molecule has 1 N–H and O–H groups in total. The van der Waals surface area contributed by atoms with Crippen molar-refractivity contribution in [3.63, 3.8) is 0 Å². The van der Waals surface area contributed by atoms with Crippen LogP contribution in [0.4, 0.5) is 5.69 Å². The van der Waals surface area contributed by atoms with Crippen molar-refractivity contribution in [2.24, 2.45) is 5.92 Å². The molecule has 1 aromatic carbocycles. The van der Waals surface area contributed by atoms with Crippen LogP contribution < -0.4 is 5.32 Å². The number of benzene rings is 1. The Hall–Kier alpha value is -2.25. The Morgan fingerprint density at radius 3 is 2.53 bits per heavy atom. The maximum absolute atomic E-state index is 13.0. The van der Waals surface area contributed by atoms with Crippen LogP contribution in [0, 0.1) is 19.8 Å². The molecule has 1 aromatic heterocycles. The van der Waals surface area contributed by atoms with Crippen molar-refractivity contribution in [3.8, 4) is 0 Å². The number of likely N-dealkylation sites (tertiary alicyclic amines) is 2. The minimum Gasteiger partial charge on any atom is -0.339 e. The lowest BCUT2D eigenvalue weighted by Gasteiger charge is -2.31. The number of rotatable bonds is 5. The summed E-state index contributed by atoms with van der Waals surface area (Å²) in [6.45, 7) is 8.21. The van der Waals surface area contributed by atoms with Gasteiger partial charge in [0.1, 0.15) is 0 Å². The van der Waals surface area contributed by atoms with E-state index in [1.807, 2.05) is 36.9 Å². The van der Waals surface area contributed by atoms with Gasteiger partial charge >= 0.3 is 0 Å². The fourth-order valence-corrected chi connectivity index (χ4v) is 5.04. The van der Waals surface area contributed by atoms with Crippen molar-refractivity contribution in [3.05, 3.63) is 45.4 Å². The summed E-state index contributed by atoms with van der Waals surface area (Å²) in [5.41, 5.74) is 3.32. The highest BCUT2D eigenvalue weighted by Gasteiger charge is 2.28. The van der Waals surface area contributed by atoms with Crippen molar-refractivity contribution in [2.75, 3.05) is 31.5 Å². The quantitative estimate of drug-likeness (QED) is 0.789. The summed E-state index contributed by atoms with van der Waals surface area (Å²) < 4.78 is 0. The van der Waals surface area contributed by atoms with E-state index in [0.717, 1.165) is 74.7 Å². The topological polar surface area (TPSA) is 65.5 Å². The first-order valence-corrected chi connectivity index (χ1v) is 11.7. The Morgan fingerprint density at radius 2 is 1.87 bits per heavy atom. The van der Waals surface area contributed by atoms with Gasteiger partial charge in [-0.25, -0.2) is 4.98 Å². The Bertz CT molecular complexity index is 912. The van der Waals surface area contributed by atoms with Gasteiger partial charge in [0.05, 0.1) is 22.0 Å². The van der Waals surface area contributed by atoms with Gasteiger partial charge in [-0.3, -0.25) is 14.5 Å². The van der Waals surface area contributed by atoms with Gasteiger partial charge in [-0.05, 0) is 64.3 Å². The van der Waals surface area contributed by atoms with Crippen LogP contribution >= 0.6 is 11.3 Å². The van der Waals surface area contributed by atoms with E-state index >= 15 is 0 Å². The van der Waals surface area contributed by atoms with Crippen LogP contribution in [0.15, 0.2) is 23.6 Å². The number of nitrogens with one attached hydrogen (secondary N) is 1. The standard InChI is InChI=1S/C23H30N4O2S/c1-16-6-5-7-20(21(16)23(29)27-10-3-4-11-27)25-22(28)18-8-12-26(13-9-18)14-19-15-30-17(2)24-19/h5-7,15,18H,3-4,8-14H2,1-2H3,(H,25,28). The summed E-state index contributed by atoms with van der Waals surface area (Å²) >= 11 is 1.68. The Balaban J connectivity index is 1.37. The zero-order chi connectivity index (χ0) is 21.1. The van der Waals surface area contributed by atoms with E-state index in [1.54, 1.807) is 11.3 Å². The summed E-state index contributed by atoms with van der Waals surface area (Å²) in [6, 6.07) is 5.70. The minimum atomic E-state index is -0.0197. The predicted octanol–water partition coefficient (Wildman–Crippen LogP) is 3.85. The van der Waals surface area contributed by atoms with Crippen molar-refractivity contribution < 1.29 is 9.59 Å². The van der Waals surface area contributed by atoms with Crippen molar-refractivity contribution in [2.45, 2.75) is 46.1 Å². The third-order valence-corrected chi connectivity index (χ3v) is 6.97. The fourth-order valence-electron chi connectivity index (χ4n) is 4.43. The maximum Gasteiger partial charge on any atom is 0.256 e. The number of nitrogens with zero attached hydrogens (tertiary/aromatic N) is 3. The normalized spacial score (nSPS) is 18.0. The van der Waals surface area contributed by atoms with Crippen LogP contribution in [0.2, 0.25) is 0 Å². The Morgan fingerprint density at radius 1 is 1.13 bits per heavy atom. The summed E-state index contributed by atoms with van der Waals surface area (Å²) in [5.74, 6) is 0.0446. The van der Waals surface area contributed by atoms with Crippen molar-refractivity contribution in [1.29, 1.82) is 0 Å². The lowest BCUT2D eigenvalue weighted by atomic mass is 9.95. The lowest BCUT2D eigenvalue weighted by Crippen LogP contribution is -2.38. The van der Waals surface area contributed by atoms with E-state index in [2.05, 4.69) is 20.6 Å². The van der Waals surface area contributed by atoms with E-state index in [4.69, 9.17) is 0 Å². The lowest BCUT2D eigenvalue weighted by molar-refractivity contribution is -0.121. The molecular formula is C23H30N4O2S. The van der Waals surface area contributed by atoms with Gasteiger partial charge in [-0.1, -0.05) is 12.1 Å². The van der Waals surface area contributed by atoms with E-state index in [1.165, 1.54) is 0 Å². The van der Waals surface area contributed by atoms with Gasteiger partial charge < -0.3 is 10.2 Å². The highest BCUT2D eigenvalue weighted by Crippen LogP contribution is 2.26. The Kier molecular flexibility index (Phi) is 6.49. The molecular weight excluding hydrogens is 396 g/mol. The van der Waals surface area contributed by atoms with Gasteiger partial charge in [0.25, 0.3) is 5.91 Å². The summed E-state index contributed by atoms with van der Waals surface area (Å²) in [7, 11) is 0. The maximum atomic E-state index is 13.0. The molecule has 2 saturated heterocycles. The second kappa shape index (κ2) is 9.27. The van der Waals surface area contributed by atoms with Gasteiger partial charge in [0.2, 0.25) is 5.91 Å². The molecule has 2 aromatic rings. The summed E-state index contributed by atoms with van der Waals surface area (Å²) in [5, 5.41) is 6.29. The SMILES string of the molecule is Cc1nc(CN2CCC(C(=O)Nc3cccc(C)c3C(=O)N3CCCC3)CC2)cs1. The molecule has 2 aliphatic rings. The summed E-state index contributed by atoms with van der Waals surface area (Å²) in [6.07, 6.45) is 3.77. The smallest absolute Gasteiger partial charge is 0.256 e. The molecule has 0 bridgehead atoms. The monoisotopic (exact) mass is 426 g/mol. The van der Waals surface area contributed by atoms with E-state index in [-0.39, 0.29) is 17.7 Å². The molecule has 2 fully saturated rings. The minimum absolute atomic E-state index is 0.0197. The molecule has 7 heteroatoms. The molecule has 0 saturated carbocycles. The third-order valence-electron chi connectivity index (χ3n) is 6.15. The molecule has 30 heavy (non-hydrogen) atoms. The largest absolute Gasteiger partial charge is 0.339 e. The highest BCUT2D eigenvalue weighted by molar-refractivity contribution is 7.09. The molecule has 4 rings (SSSR count). The summed E-state index contributed by atoms with van der Waals surface area (Å²) in [4.78, 5) is 34.8. The first kappa shape index (κ1) is 21.0. The number of carbonyl (C=O) groups is 2. The van der Waals surface area contributed by atoms with Crippen LogP contribution in [0.5, 0.6) is 0 Å². The third kappa shape index (κ3) is 4.73. The molecule has 0 atom stereocenters. The predicted molar refractivity (Wildman–Crippen MR) is 120 cm³/mol. The molecule has 0 unspecified atom stereocenters. The van der Waals surface area contributed by atoms with Gasteiger partial charge in [0.15, 0.2) is 0 Å². The Labute approximate surface area is 182 Å². The van der Waals surface area contributed by atoms with Crippen LogP contribution in [0.25, 0.3) is 0 Å². The van der Waals surface area contributed by atoms with Crippen LogP contribution in [0.3, 0.4) is 0 Å². The van der Waals surface area contributed by atoms with Gasteiger partial charge in [-0.15, -0.1) is 11.3 Å². The number of piperidine rings is 1. The highest BCUT2D eigenvalue weighted by atomic mass is 32.1. The molecule has 0 aliphatic carbocycles. The van der Waals surface area contributed by atoms with E-state index < -0.39 is 0 Å². The number of aryl methyl sites for hydroxylation is 2. The molecule has 6 nitrogen and oxygen atoms in total. The van der Waals surface area contributed by atoms with Crippen LogP contribution in [-0.4, -0.2) is 52.8 Å². The fraction of sp³-hybridized carbons (Fsp3) is 0.522. The number of anilines is 1. The number of amides is 2. The first-order valence-electron chi connectivity index (χ1n) is 10.8. The molecule has 2 aliphatic heterocycles. The second-order valence-electron chi connectivity index (χ2n) is 8.39. The van der Waals surface area contributed by atoms with Gasteiger partial charge in [0, 0.05) is 30.9 Å². The molecule has 3 heterocycles. The number of thiazole rings is 1. The molecule has 0 spiro atoms. The van der Waals surface area contributed by atoms with Crippen LogP contribution in [0.1, 0.15) is 52.3 Å². The zero-order valence-electron chi connectivity index (χ0n) is 17.8. The van der Waals surface area contributed by atoms with Crippen molar-refractivity contribution >= 4 is 28.8 Å². The molecule has 160 valence electrons. The number of hydrogen-bond acceptors (Lipinski definition) is 5. The number of hydrogen-bond donors (Lipinski definition) is 1.